The van der Waals surface area contributed by atoms with E-state index in [4.69, 9.17) is 0 Å². The minimum absolute atomic E-state index is 0.355. The van der Waals surface area contributed by atoms with E-state index in [1.807, 2.05) is 0 Å². The second kappa shape index (κ2) is 2.96. The van der Waals surface area contributed by atoms with Crippen LogP contribution in [0.4, 0.5) is 0 Å². The van der Waals surface area contributed by atoms with Crippen LogP contribution in [0.25, 0.3) is 22.3 Å². The summed E-state index contributed by atoms with van der Waals surface area (Å²) in [5.74, 6) is 0.355. The first-order valence-corrected chi connectivity index (χ1v) is 5.35. The highest BCUT2D eigenvalue weighted by Gasteiger charge is 2.24. The molecule has 0 heterocycles. The zero-order valence-electron chi connectivity index (χ0n) is 8.83. The van der Waals surface area contributed by atoms with E-state index in [1.54, 1.807) is 0 Å². The summed E-state index contributed by atoms with van der Waals surface area (Å²) in [4.78, 5) is 0. The van der Waals surface area contributed by atoms with Crippen LogP contribution in [0.5, 0.6) is 0 Å². The van der Waals surface area contributed by atoms with Crippen LogP contribution in [0.2, 0.25) is 0 Å². The van der Waals surface area contributed by atoms with Crippen molar-refractivity contribution in [3.05, 3.63) is 55.0 Å². The molecular weight excluding hydrogens is 180 g/mol. The van der Waals surface area contributed by atoms with Crippen molar-refractivity contribution in [2.45, 2.75) is 12.8 Å². The molecule has 2 aromatic carbocycles. The summed E-state index contributed by atoms with van der Waals surface area (Å²) < 4.78 is 0. The van der Waals surface area contributed by atoms with Gasteiger partial charge in [0.25, 0.3) is 0 Å². The van der Waals surface area contributed by atoms with Crippen molar-refractivity contribution in [3.8, 4) is 22.3 Å². The second-order valence-electron chi connectivity index (χ2n) is 4.22. The lowest BCUT2D eigenvalue weighted by molar-refractivity contribution is 0.965. The third-order valence-corrected chi connectivity index (χ3v) is 3.11. The zero-order chi connectivity index (χ0) is 10.4. The maximum atomic E-state index is 4.12. The number of hydrogen-bond acceptors (Lipinski definition) is 0. The second-order valence-corrected chi connectivity index (χ2v) is 4.22. The normalized spacial score (nSPS) is 11.9. The van der Waals surface area contributed by atoms with E-state index in [1.165, 1.54) is 27.8 Å². The van der Waals surface area contributed by atoms with Crippen molar-refractivity contribution in [1.29, 1.82) is 0 Å². The number of benzene rings is 2. The zero-order valence-corrected chi connectivity index (χ0v) is 8.83. The van der Waals surface area contributed by atoms with Gasteiger partial charge in [-0.1, -0.05) is 49.4 Å². The molecule has 3 rings (SSSR count). The van der Waals surface area contributed by atoms with E-state index >= 15 is 0 Å². The van der Waals surface area contributed by atoms with Gasteiger partial charge < -0.3 is 0 Å². The molecule has 0 nitrogen and oxygen atoms in total. The summed E-state index contributed by atoms with van der Waals surface area (Å²) >= 11 is 0. The molecule has 1 aliphatic carbocycles. The fourth-order valence-electron chi connectivity index (χ4n) is 2.38. The number of hydrogen-bond donors (Lipinski definition) is 0. The highest BCUT2D eigenvalue weighted by atomic mass is 14.3. The van der Waals surface area contributed by atoms with Gasteiger partial charge in [0.05, 0.1) is 0 Å². The molecular formula is C15H13. The minimum atomic E-state index is 0.355. The fraction of sp³-hybridized carbons (Fsp3) is 0.133. The van der Waals surface area contributed by atoms with Gasteiger partial charge in [-0.2, -0.15) is 0 Å². The van der Waals surface area contributed by atoms with Crippen molar-refractivity contribution >= 4 is 0 Å². The van der Waals surface area contributed by atoms with E-state index < -0.39 is 0 Å². The first-order chi connectivity index (χ1) is 7.29. The van der Waals surface area contributed by atoms with Gasteiger partial charge in [-0.25, -0.2) is 0 Å². The molecule has 0 bridgehead atoms. The van der Waals surface area contributed by atoms with Gasteiger partial charge in [-0.3, -0.25) is 0 Å². The molecule has 1 radical (unpaired) electrons. The third-order valence-electron chi connectivity index (χ3n) is 3.11. The van der Waals surface area contributed by atoms with Gasteiger partial charge in [-0.05, 0) is 40.7 Å². The SMILES string of the molecule is [CH2]C(C)c1cccc2c1-c1ccccc1-2. The lowest BCUT2D eigenvalue weighted by Gasteiger charge is -2.27. The van der Waals surface area contributed by atoms with Crippen molar-refractivity contribution in [1.82, 2.24) is 0 Å². The van der Waals surface area contributed by atoms with Crippen molar-refractivity contribution in [3.63, 3.8) is 0 Å². The van der Waals surface area contributed by atoms with Gasteiger partial charge in [0.2, 0.25) is 0 Å². The summed E-state index contributed by atoms with van der Waals surface area (Å²) in [6.45, 7) is 6.27. The minimum Gasteiger partial charge on any atom is -0.0616 e. The van der Waals surface area contributed by atoms with Crippen LogP contribution in [0.3, 0.4) is 0 Å². The fourth-order valence-corrected chi connectivity index (χ4v) is 2.38. The Morgan fingerprint density at radius 3 is 2.27 bits per heavy atom. The molecule has 73 valence electrons. The molecule has 0 saturated carbocycles. The maximum absolute atomic E-state index is 4.12. The van der Waals surface area contributed by atoms with Crippen LogP contribution in [0.1, 0.15) is 18.4 Å². The Balaban J connectivity index is 2.25. The van der Waals surface area contributed by atoms with Crippen LogP contribution in [0.15, 0.2) is 42.5 Å². The lowest BCUT2D eigenvalue weighted by Crippen LogP contribution is -2.03. The van der Waals surface area contributed by atoms with Crippen LogP contribution in [-0.4, -0.2) is 0 Å². The molecule has 15 heavy (non-hydrogen) atoms. The summed E-state index contributed by atoms with van der Waals surface area (Å²) in [7, 11) is 0. The van der Waals surface area contributed by atoms with Crippen LogP contribution < -0.4 is 0 Å². The highest BCUT2D eigenvalue weighted by molar-refractivity contribution is 6.03. The van der Waals surface area contributed by atoms with Gasteiger partial charge in [-0.15, -0.1) is 0 Å². The van der Waals surface area contributed by atoms with Crippen LogP contribution >= 0.6 is 0 Å². The van der Waals surface area contributed by atoms with Crippen LogP contribution in [0, 0.1) is 6.92 Å². The predicted octanol–water partition coefficient (Wildman–Crippen LogP) is 4.27. The molecule has 0 saturated heterocycles. The van der Waals surface area contributed by atoms with E-state index in [-0.39, 0.29) is 0 Å². The Hall–Kier alpha value is -1.56. The van der Waals surface area contributed by atoms with E-state index in [0.29, 0.717) is 5.92 Å². The van der Waals surface area contributed by atoms with Crippen molar-refractivity contribution in [2.24, 2.45) is 0 Å². The first kappa shape index (κ1) is 8.72. The Labute approximate surface area is 90.6 Å². The Kier molecular flexibility index (Phi) is 1.72. The summed E-state index contributed by atoms with van der Waals surface area (Å²) in [5.41, 5.74) is 6.94. The quantitative estimate of drug-likeness (QED) is 0.541. The van der Waals surface area contributed by atoms with Crippen LogP contribution in [-0.2, 0) is 0 Å². The van der Waals surface area contributed by atoms with E-state index in [9.17, 15) is 0 Å². The molecule has 0 aromatic heterocycles. The van der Waals surface area contributed by atoms with Gasteiger partial charge >= 0.3 is 0 Å². The lowest BCUT2D eigenvalue weighted by atomic mass is 9.76. The Morgan fingerprint density at radius 2 is 1.53 bits per heavy atom. The number of rotatable bonds is 1. The average Bonchev–Trinajstić information content (AvgIpc) is 2.24. The van der Waals surface area contributed by atoms with Gasteiger partial charge in [0.1, 0.15) is 0 Å². The molecule has 0 N–H and O–H groups in total. The molecule has 1 atom stereocenters. The smallest absolute Gasteiger partial charge is 0.00641 e. The average molecular weight is 193 g/mol. The monoisotopic (exact) mass is 193 g/mol. The highest BCUT2D eigenvalue weighted by Crippen LogP contribution is 2.49. The molecule has 2 aromatic rings. The van der Waals surface area contributed by atoms with E-state index in [0.717, 1.165) is 0 Å². The summed E-state index contributed by atoms with van der Waals surface area (Å²) in [6, 6.07) is 15.1. The van der Waals surface area contributed by atoms with Crippen molar-refractivity contribution in [2.75, 3.05) is 0 Å². The molecule has 0 heteroatoms. The van der Waals surface area contributed by atoms with Crippen molar-refractivity contribution < 1.29 is 0 Å². The molecule has 0 amide bonds. The summed E-state index contributed by atoms with van der Waals surface area (Å²) in [5, 5.41) is 0. The largest absolute Gasteiger partial charge is 0.0616 e. The maximum Gasteiger partial charge on any atom is -0.00641 e. The molecule has 1 unspecified atom stereocenters. The molecule has 1 aliphatic rings. The van der Waals surface area contributed by atoms with Gasteiger partial charge in [0, 0.05) is 0 Å². The standard InChI is InChI=1S/C15H13/c1-10(2)11-8-5-9-14-12-6-3-4-7-13(12)15(11)14/h3-10H,1H2,2H3. The van der Waals surface area contributed by atoms with Gasteiger partial charge in [0.15, 0.2) is 0 Å². The number of fused-ring (bicyclic) bond motifs is 4. The topological polar surface area (TPSA) is 0 Å². The molecule has 0 aliphatic heterocycles. The van der Waals surface area contributed by atoms with E-state index in [2.05, 4.69) is 56.3 Å². The Bertz CT molecular complexity index is 521. The Morgan fingerprint density at radius 1 is 0.867 bits per heavy atom. The molecule has 0 fully saturated rings. The third kappa shape index (κ3) is 1.08. The molecule has 0 spiro atoms. The first-order valence-electron chi connectivity index (χ1n) is 5.35. The predicted molar refractivity (Wildman–Crippen MR) is 64.6 cm³/mol. The summed E-state index contributed by atoms with van der Waals surface area (Å²) in [6.07, 6.45) is 0.